The number of piperidine rings is 1. The Morgan fingerprint density at radius 1 is 1.33 bits per heavy atom. The maximum Gasteiger partial charge on any atom is 0.179 e. The lowest BCUT2D eigenvalue weighted by molar-refractivity contribution is 0.109. The predicted molar refractivity (Wildman–Crippen MR) is 86.4 cm³/mol. The summed E-state index contributed by atoms with van der Waals surface area (Å²) in [5.74, 6) is 1.23. The molecule has 2 atom stereocenters. The van der Waals surface area contributed by atoms with Gasteiger partial charge in [-0.2, -0.15) is 0 Å². The molecule has 4 nitrogen and oxygen atoms in total. The van der Waals surface area contributed by atoms with Gasteiger partial charge in [-0.1, -0.05) is 24.1 Å². The van der Waals surface area contributed by atoms with Gasteiger partial charge >= 0.3 is 0 Å². The summed E-state index contributed by atoms with van der Waals surface area (Å²) in [6, 6.07) is 4.55. The first-order valence-corrected chi connectivity index (χ1v) is 7.88. The van der Waals surface area contributed by atoms with Crippen LogP contribution in [0.15, 0.2) is 12.1 Å². The van der Waals surface area contributed by atoms with Crippen LogP contribution < -0.4 is 15.2 Å². The Morgan fingerprint density at radius 3 is 2.67 bits per heavy atom. The standard InChI is InChI=1S/C16H25ClN2O2/c1-11-6-4-5-9-19(11)13(10-18)12-7-8-14(20-2)16(21-3)15(12)17/h7-8,11,13H,4-6,9-10,18H2,1-3H3. The highest BCUT2D eigenvalue weighted by Gasteiger charge is 2.29. The second kappa shape index (κ2) is 7.34. The number of rotatable bonds is 5. The Morgan fingerprint density at radius 2 is 2.10 bits per heavy atom. The summed E-state index contributed by atoms with van der Waals surface area (Å²) in [7, 11) is 3.22. The Balaban J connectivity index is 2.38. The van der Waals surface area contributed by atoms with Crippen molar-refractivity contribution in [1.82, 2.24) is 4.90 Å². The molecule has 2 N–H and O–H groups in total. The van der Waals surface area contributed by atoms with Gasteiger partial charge in [0.05, 0.1) is 19.2 Å². The molecule has 1 heterocycles. The molecule has 0 aromatic heterocycles. The number of benzene rings is 1. The van der Waals surface area contributed by atoms with E-state index in [0.717, 1.165) is 12.1 Å². The fourth-order valence-electron chi connectivity index (χ4n) is 3.19. The lowest BCUT2D eigenvalue weighted by atomic mass is 9.97. The van der Waals surface area contributed by atoms with Crippen LogP contribution in [-0.4, -0.2) is 38.3 Å². The first-order chi connectivity index (χ1) is 10.1. The molecule has 1 aliphatic rings. The number of hydrogen-bond donors (Lipinski definition) is 1. The summed E-state index contributed by atoms with van der Waals surface area (Å²) < 4.78 is 10.7. The van der Waals surface area contributed by atoms with Crippen LogP contribution in [0.4, 0.5) is 0 Å². The van der Waals surface area contributed by atoms with Crippen molar-refractivity contribution in [3.63, 3.8) is 0 Å². The number of methoxy groups -OCH3 is 2. The third kappa shape index (κ3) is 3.28. The summed E-state index contributed by atoms with van der Waals surface area (Å²) >= 11 is 6.55. The van der Waals surface area contributed by atoms with E-state index in [9.17, 15) is 0 Å². The second-order valence-corrected chi connectivity index (χ2v) is 5.92. The zero-order valence-corrected chi connectivity index (χ0v) is 13.8. The molecule has 1 aromatic rings. The normalized spacial score (nSPS) is 21.1. The van der Waals surface area contributed by atoms with Gasteiger partial charge in [0.2, 0.25) is 0 Å². The fourth-order valence-corrected chi connectivity index (χ4v) is 3.55. The monoisotopic (exact) mass is 312 g/mol. The maximum absolute atomic E-state index is 6.55. The second-order valence-electron chi connectivity index (χ2n) is 5.54. The van der Waals surface area contributed by atoms with Crippen molar-refractivity contribution in [2.24, 2.45) is 5.73 Å². The van der Waals surface area contributed by atoms with Gasteiger partial charge in [-0.15, -0.1) is 0 Å². The Labute approximate surface area is 132 Å². The van der Waals surface area contributed by atoms with Gasteiger partial charge in [-0.05, 0) is 37.9 Å². The minimum atomic E-state index is 0.118. The van der Waals surface area contributed by atoms with E-state index in [-0.39, 0.29) is 6.04 Å². The summed E-state index contributed by atoms with van der Waals surface area (Å²) in [6.45, 7) is 3.86. The van der Waals surface area contributed by atoms with E-state index >= 15 is 0 Å². The third-order valence-electron chi connectivity index (χ3n) is 4.35. The van der Waals surface area contributed by atoms with E-state index in [0.29, 0.717) is 29.1 Å². The van der Waals surface area contributed by atoms with Crippen LogP contribution in [0, 0.1) is 0 Å². The number of likely N-dealkylation sites (tertiary alicyclic amines) is 1. The molecule has 118 valence electrons. The largest absolute Gasteiger partial charge is 0.493 e. The minimum absolute atomic E-state index is 0.118. The van der Waals surface area contributed by atoms with E-state index in [1.54, 1.807) is 14.2 Å². The number of ether oxygens (including phenoxy) is 2. The lowest BCUT2D eigenvalue weighted by Gasteiger charge is -2.39. The van der Waals surface area contributed by atoms with Crippen LogP contribution in [0.3, 0.4) is 0 Å². The van der Waals surface area contributed by atoms with Crippen LogP contribution in [0.1, 0.15) is 37.8 Å². The lowest BCUT2D eigenvalue weighted by Crippen LogP contribution is -2.43. The van der Waals surface area contributed by atoms with Crippen LogP contribution in [0.2, 0.25) is 5.02 Å². The van der Waals surface area contributed by atoms with Crippen molar-refractivity contribution in [3.8, 4) is 11.5 Å². The number of nitrogens with zero attached hydrogens (tertiary/aromatic N) is 1. The smallest absolute Gasteiger partial charge is 0.179 e. The summed E-state index contributed by atoms with van der Waals surface area (Å²) in [6.07, 6.45) is 3.71. The quantitative estimate of drug-likeness (QED) is 0.907. The van der Waals surface area contributed by atoms with Crippen LogP contribution in [0.5, 0.6) is 11.5 Å². The van der Waals surface area contributed by atoms with Gasteiger partial charge in [-0.25, -0.2) is 0 Å². The highest BCUT2D eigenvalue weighted by molar-refractivity contribution is 6.33. The van der Waals surface area contributed by atoms with Gasteiger partial charge in [0, 0.05) is 18.6 Å². The topological polar surface area (TPSA) is 47.7 Å². The minimum Gasteiger partial charge on any atom is -0.493 e. The molecule has 1 fully saturated rings. The average Bonchev–Trinajstić information content (AvgIpc) is 2.50. The van der Waals surface area contributed by atoms with Gasteiger partial charge in [0.15, 0.2) is 11.5 Å². The first-order valence-electron chi connectivity index (χ1n) is 7.50. The molecule has 21 heavy (non-hydrogen) atoms. The Bertz CT molecular complexity index is 482. The average molecular weight is 313 g/mol. The summed E-state index contributed by atoms with van der Waals surface area (Å²) in [5.41, 5.74) is 7.08. The Hall–Kier alpha value is -0.970. The van der Waals surface area contributed by atoms with Crippen molar-refractivity contribution < 1.29 is 9.47 Å². The number of halogens is 1. The molecule has 0 aliphatic carbocycles. The van der Waals surface area contributed by atoms with Gasteiger partial charge in [0.1, 0.15) is 0 Å². The van der Waals surface area contributed by atoms with Gasteiger partial charge < -0.3 is 15.2 Å². The molecule has 0 bridgehead atoms. The van der Waals surface area contributed by atoms with Crippen LogP contribution in [0.25, 0.3) is 0 Å². The van der Waals surface area contributed by atoms with Crippen LogP contribution in [-0.2, 0) is 0 Å². The fraction of sp³-hybridized carbons (Fsp3) is 0.625. The van der Waals surface area contributed by atoms with E-state index < -0.39 is 0 Å². The SMILES string of the molecule is COc1ccc(C(CN)N2CCCCC2C)c(Cl)c1OC. The molecular weight excluding hydrogens is 288 g/mol. The van der Waals surface area contributed by atoms with E-state index in [2.05, 4.69) is 11.8 Å². The predicted octanol–water partition coefficient (Wildman–Crippen LogP) is 3.23. The number of hydrogen-bond acceptors (Lipinski definition) is 4. The maximum atomic E-state index is 6.55. The molecule has 1 aromatic carbocycles. The molecule has 1 aliphatic heterocycles. The highest BCUT2D eigenvalue weighted by atomic mass is 35.5. The molecule has 5 heteroatoms. The van der Waals surface area contributed by atoms with Crippen molar-refractivity contribution in [3.05, 3.63) is 22.7 Å². The molecule has 2 unspecified atom stereocenters. The molecule has 0 radical (unpaired) electrons. The zero-order valence-electron chi connectivity index (χ0n) is 13.1. The van der Waals surface area contributed by atoms with E-state index in [1.165, 1.54) is 19.3 Å². The van der Waals surface area contributed by atoms with Crippen molar-refractivity contribution >= 4 is 11.6 Å². The van der Waals surface area contributed by atoms with Crippen molar-refractivity contribution in [2.45, 2.75) is 38.3 Å². The van der Waals surface area contributed by atoms with E-state index in [4.69, 9.17) is 26.8 Å². The van der Waals surface area contributed by atoms with Gasteiger partial charge in [0.25, 0.3) is 0 Å². The van der Waals surface area contributed by atoms with Gasteiger partial charge in [-0.3, -0.25) is 4.90 Å². The summed E-state index contributed by atoms with van der Waals surface area (Å²) in [4.78, 5) is 2.45. The highest BCUT2D eigenvalue weighted by Crippen LogP contribution is 2.41. The van der Waals surface area contributed by atoms with E-state index in [1.807, 2.05) is 12.1 Å². The molecule has 0 saturated carbocycles. The first kappa shape index (κ1) is 16.4. The number of nitrogens with two attached hydrogens (primary N) is 1. The molecule has 1 saturated heterocycles. The Kier molecular flexibility index (Phi) is 5.73. The van der Waals surface area contributed by atoms with Crippen LogP contribution >= 0.6 is 11.6 Å². The molecular formula is C16H25ClN2O2. The molecule has 0 spiro atoms. The third-order valence-corrected chi connectivity index (χ3v) is 4.74. The molecule has 2 rings (SSSR count). The van der Waals surface area contributed by atoms with Crippen molar-refractivity contribution in [2.75, 3.05) is 27.3 Å². The molecule has 0 amide bonds. The zero-order chi connectivity index (χ0) is 15.4. The summed E-state index contributed by atoms with van der Waals surface area (Å²) in [5, 5.41) is 0.602. The van der Waals surface area contributed by atoms with Crippen molar-refractivity contribution in [1.29, 1.82) is 0 Å².